The first-order valence-electron chi connectivity index (χ1n) is 10.1. The van der Waals surface area contributed by atoms with Crippen LogP contribution in [0.1, 0.15) is 5.56 Å². The first-order chi connectivity index (χ1) is 14.4. The van der Waals surface area contributed by atoms with Crippen molar-refractivity contribution in [2.24, 2.45) is 0 Å². The molecule has 1 heterocycles. The third-order valence-corrected chi connectivity index (χ3v) is 5.94. The van der Waals surface area contributed by atoms with Crippen molar-refractivity contribution < 1.29 is 4.57 Å². The summed E-state index contributed by atoms with van der Waals surface area (Å²) in [5.41, 5.74) is 3.84. The molecule has 0 spiro atoms. The highest BCUT2D eigenvalue weighted by Crippen LogP contribution is 2.38. The quantitative estimate of drug-likeness (QED) is 0.244. The maximum atomic E-state index is 2.35. The molecule has 0 N–H and O–H groups in total. The summed E-state index contributed by atoms with van der Waals surface area (Å²) in [5.74, 6) is 0. The Morgan fingerprint density at radius 1 is 0.517 bits per heavy atom. The van der Waals surface area contributed by atoms with Crippen molar-refractivity contribution >= 4 is 32.3 Å². The van der Waals surface area contributed by atoms with E-state index < -0.39 is 0 Å². The number of nitrogens with zero attached hydrogens (tertiary/aromatic N) is 1. The Hall–Kier alpha value is -3.71. The van der Waals surface area contributed by atoms with Crippen LogP contribution >= 0.6 is 0 Å². The van der Waals surface area contributed by atoms with Gasteiger partial charge in [-0.1, -0.05) is 78.9 Å². The van der Waals surface area contributed by atoms with Gasteiger partial charge in [0.25, 0.3) is 0 Å². The molecule has 0 amide bonds. The molecule has 0 fully saturated rings. The molecule has 0 aliphatic heterocycles. The average molecular weight is 370 g/mol. The normalized spacial score (nSPS) is 11.6. The molecule has 1 aromatic heterocycles. The Balaban J connectivity index is 1.63. The van der Waals surface area contributed by atoms with Gasteiger partial charge >= 0.3 is 0 Å². The molecular weight excluding hydrogens is 350 g/mol. The fourth-order valence-electron chi connectivity index (χ4n) is 4.60. The van der Waals surface area contributed by atoms with E-state index >= 15 is 0 Å². The van der Waals surface area contributed by atoms with Gasteiger partial charge in [0.2, 0.25) is 5.69 Å². The molecule has 1 heteroatoms. The maximum absolute atomic E-state index is 2.35. The van der Waals surface area contributed by atoms with E-state index in [-0.39, 0.29) is 0 Å². The second-order valence-corrected chi connectivity index (χ2v) is 7.67. The Morgan fingerprint density at radius 3 is 2.03 bits per heavy atom. The fraction of sp³-hybridized carbons (Fsp3) is 0.0357. The second-order valence-electron chi connectivity index (χ2n) is 7.67. The van der Waals surface area contributed by atoms with Crippen molar-refractivity contribution in [1.29, 1.82) is 0 Å². The van der Waals surface area contributed by atoms with Crippen LogP contribution in [-0.2, 0) is 6.54 Å². The minimum Gasteiger partial charge on any atom is -0.194 e. The number of aromatic nitrogens is 1. The summed E-state index contributed by atoms with van der Waals surface area (Å²) in [6.07, 6.45) is 2.18. The lowest BCUT2D eigenvalue weighted by atomic mass is 9.91. The lowest BCUT2D eigenvalue weighted by Gasteiger charge is -2.13. The third kappa shape index (κ3) is 2.59. The van der Waals surface area contributed by atoms with Crippen LogP contribution in [-0.4, -0.2) is 0 Å². The van der Waals surface area contributed by atoms with Gasteiger partial charge in [-0.3, -0.25) is 0 Å². The van der Waals surface area contributed by atoms with Crippen LogP contribution in [0.4, 0.5) is 0 Å². The summed E-state index contributed by atoms with van der Waals surface area (Å²) in [5, 5.41) is 7.98. The van der Waals surface area contributed by atoms with E-state index in [1.54, 1.807) is 0 Å². The Bertz CT molecular complexity index is 1450. The predicted octanol–water partition coefficient (Wildman–Crippen LogP) is 6.59. The van der Waals surface area contributed by atoms with Crippen LogP contribution in [0.3, 0.4) is 0 Å². The molecular formula is C28H20N+. The molecule has 0 aliphatic rings. The van der Waals surface area contributed by atoms with Crippen LogP contribution in [0.25, 0.3) is 43.6 Å². The zero-order valence-electron chi connectivity index (χ0n) is 16.0. The zero-order valence-corrected chi connectivity index (χ0v) is 16.0. The van der Waals surface area contributed by atoms with E-state index in [0.29, 0.717) is 0 Å². The monoisotopic (exact) mass is 370 g/mol. The van der Waals surface area contributed by atoms with Gasteiger partial charge in [0.05, 0.1) is 5.56 Å². The number of hydrogen-bond acceptors (Lipinski definition) is 0. The number of benzene rings is 5. The van der Waals surface area contributed by atoms with Gasteiger partial charge in [-0.25, -0.2) is 0 Å². The van der Waals surface area contributed by atoms with Crippen molar-refractivity contribution in [2.75, 3.05) is 0 Å². The van der Waals surface area contributed by atoms with Crippen molar-refractivity contribution in [3.63, 3.8) is 0 Å². The molecule has 0 atom stereocenters. The zero-order chi connectivity index (χ0) is 19.2. The van der Waals surface area contributed by atoms with Crippen molar-refractivity contribution in [3.05, 3.63) is 115 Å². The van der Waals surface area contributed by atoms with Crippen LogP contribution < -0.4 is 4.57 Å². The van der Waals surface area contributed by atoms with Gasteiger partial charge in [0.1, 0.15) is 0 Å². The average Bonchev–Trinajstić information content (AvgIpc) is 2.79. The summed E-state index contributed by atoms with van der Waals surface area (Å²) in [4.78, 5) is 0. The van der Waals surface area contributed by atoms with Gasteiger partial charge in [-0.2, -0.15) is 4.57 Å². The molecule has 5 aromatic carbocycles. The molecule has 0 bridgehead atoms. The second kappa shape index (κ2) is 6.42. The van der Waals surface area contributed by atoms with E-state index in [1.807, 2.05) is 0 Å². The molecule has 0 aliphatic carbocycles. The standard InChI is InChI=1S/C28H20N/c1-2-7-20(8-3-1)19-29-18-5-4-11-26(29)24-16-14-23-13-12-21-9-6-10-22-15-17-25(24)28(23)27(21)22/h1-18H,19H2/q+1. The van der Waals surface area contributed by atoms with Gasteiger partial charge in [0.15, 0.2) is 12.7 Å². The number of hydrogen-bond donors (Lipinski definition) is 0. The van der Waals surface area contributed by atoms with Gasteiger partial charge in [-0.15, -0.1) is 0 Å². The molecule has 136 valence electrons. The van der Waals surface area contributed by atoms with Gasteiger partial charge < -0.3 is 0 Å². The van der Waals surface area contributed by atoms with Gasteiger partial charge in [-0.05, 0) is 44.5 Å². The highest BCUT2D eigenvalue weighted by Gasteiger charge is 2.18. The Morgan fingerprint density at radius 2 is 1.21 bits per heavy atom. The van der Waals surface area contributed by atoms with Crippen molar-refractivity contribution in [2.45, 2.75) is 6.54 Å². The molecule has 0 radical (unpaired) electrons. The molecule has 0 saturated carbocycles. The smallest absolute Gasteiger partial charge is 0.194 e. The summed E-state index contributed by atoms with van der Waals surface area (Å²) in [6, 6.07) is 37.3. The molecule has 0 saturated heterocycles. The largest absolute Gasteiger partial charge is 0.213 e. The summed E-state index contributed by atoms with van der Waals surface area (Å²) in [6.45, 7) is 0.860. The highest BCUT2D eigenvalue weighted by atomic mass is 15.0. The highest BCUT2D eigenvalue weighted by molar-refractivity contribution is 6.25. The summed E-state index contributed by atoms with van der Waals surface area (Å²) >= 11 is 0. The van der Waals surface area contributed by atoms with E-state index in [1.165, 1.54) is 49.1 Å². The molecule has 0 unspecified atom stereocenters. The van der Waals surface area contributed by atoms with E-state index in [2.05, 4.69) is 114 Å². The minimum absolute atomic E-state index is 0.860. The van der Waals surface area contributed by atoms with Crippen molar-refractivity contribution in [1.82, 2.24) is 0 Å². The molecule has 6 rings (SSSR count). The lowest BCUT2D eigenvalue weighted by molar-refractivity contribution is -0.677. The van der Waals surface area contributed by atoms with Crippen LogP contribution in [0.2, 0.25) is 0 Å². The Labute approximate surface area is 169 Å². The van der Waals surface area contributed by atoms with Gasteiger partial charge in [0, 0.05) is 17.7 Å². The number of rotatable bonds is 3. The molecule has 1 nitrogen and oxygen atoms in total. The van der Waals surface area contributed by atoms with Crippen LogP contribution in [0.15, 0.2) is 109 Å². The molecule has 29 heavy (non-hydrogen) atoms. The van der Waals surface area contributed by atoms with Crippen LogP contribution in [0, 0.1) is 0 Å². The SMILES string of the molecule is c1ccc(C[n+]2ccccc2-c2ccc3ccc4cccc5ccc2c3c45)cc1. The summed E-state index contributed by atoms with van der Waals surface area (Å²) < 4.78 is 2.35. The predicted molar refractivity (Wildman–Crippen MR) is 121 cm³/mol. The fourth-order valence-corrected chi connectivity index (χ4v) is 4.60. The topological polar surface area (TPSA) is 3.88 Å². The van der Waals surface area contributed by atoms with E-state index in [4.69, 9.17) is 0 Å². The third-order valence-electron chi connectivity index (χ3n) is 5.94. The minimum atomic E-state index is 0.860. The van der Waals surface area contributed by atoms with E-state index in [9.17, 15) is 0 Å². The Kier molecular flexibility index (Phi) is 3.60. The number of pyridine rings is 1. The molecule has 6 aromatic rings. The first kappa shape index (κ1) is 16.3. The van der Waals surface area contributed by atoms with E-state index in [0.717, 1.165) is 6.54 Å². The van der Waals surface area contributed by atoms with Crippen molar-refractivity contribution in [3.8, 4) is 11.3 Å². The van der Waals surface area contributed by atoms with Crippen LogP contribution in [0.5, 0.6) is 0 Å². The lowest BCUT2D eigenvalue weighted by Crippen LogP contribution is -2.36. The summed E-state index contributed by atoms with van der Waals surface area (Å²) in [7, 11) is 0. The maximum Gasteiger partial charge on any atom is 0.213 e. The first-order valence-corrected chi connectivity index (χ1v) is 10.1.